The van der Waals surface area contributed by atoms with Crippen LogP contribution in [0.4, 0.5) is 5.69 Å². The minimum Gasteiger partial charge on any atom is -0.497 e. The Morgan fingerprint density at radius 1 is 0.968 bits per heavy atom. The van der Waals surface area contributed by atoms with Crippen molar-refractivity contribution in [3.05, 3.63) is 89.0 Å². The molecule has 0 aliphatic heterocycles. The highest BCUT2D eigenvalue weighted by atomic mass is 32.2. The largest absolute Gasteiger partial charge is 0.497 e. The average molecular weight is 439 g/mol. The van der Waals surface area contributed by atoms with Crippen LogP contribution in [-0.2, 0) is 10.0 Å². The number of sulfonamides is 1. The summed E-state index contributed by atoms with van der Waals surface area (Å²) >= 11 is 0. The van der Waals surface area contributed by atoms with Crippen molar-refractivity contribution < 1.29 is 17.9 Å². The van der Waals surface area contributed by atoms with Crippen molar-refractivity contribution >= 4 is 21.6 Å². The molecule has 3 aromatic carbocycles. The van der Waals surface area contributed by atoms with E-state index in [1.54, 1.807) is 30.3 Å². The van der Waals surface area contributed by atoms with Gasteiger partial charge < -0.3 is 10.1 Å². The predicted octanol–water partition coefficient (Wildman–Crippen LogP) is 4.60. The standard InChI is InChI=1S/C24H26N2O4S/c1-16-8-9-17(2)23(14-16)18(3)25-24(27)19-6-5-7-20(15-19)26-31(28,29)22-12-10-21(30-4)11-13-22/h5-15,18,26H,1-4H3,(H,25,27)/t18-/m1/s1. The van der Waals surface area contributed by atoms with E-state index in [2.05, 4.69) is 16.1 Å². The maximum atomic E-state index is 12.8. The SMILES string of the molecule is COc1ccc(S(=O)(=O)Nc2cccc(C(=O)N[C@H](C)c3cc(C)ccc3C)c2)cc1. The minimum absolute atomic E-state index is 0.103. The van der Waals surface area contributed by atoms with Crippen LogP contribution in [0.25, 0.3) is 0 Å². The van der Waals surface area contributed by atoms with Gasteiger partial charge in [-0.3, -0.25) is 9.52 Å². The van der Waals surface area contributed by atoms with Crippen LogP contribution in [0.2, 0.25) is 0 Å². The summed E-state index contributed by atoms with van der Waals surface area (Å²) in [4.78, 5) is 12.9. The van der Waals surface area contributed by atoms with Crippen molar-refractivity contribution in [2.24, 2.45) is 0 Å². The third-order valence-electron chi connectivity index (χ3n) is 5.00. The quantitative estimate of drug-likeness (QED) is 0.564. The summed E-state index contributed by atoms with van der Waals surface area (Å²) in [6.45, 7) is 5.94. The van der Waals surface area contributed by atoms with Crippen LogP contribution in [-0.4, -0.2) is 21.4 Å². The van der Waals surface area contributed by atoms with Gasteiger partial charge in [0.1, 0.15) is 5.75 Å². The molecular weight excluding hydrogens is 412 g/mol. The average Bonchev–Trinajstić information content (AvgIpc) is 2.75. The van der Waals surface area contributed by atoms with E-state index in [1.807, 2.05) is 32.9 Å². The fourth-order valence-electron chi connectivity index (χ4n) is 3.28. The van der Waals surface area contributed by atoms with Gasteiger partial charge in [0.25, 0.3) is 15.9 Å². The predicted molar refractivity (Wildman–Crippen MR) is 122 cm³/mol. The second-order valence-corrected chi connectivity index (χ2v) is 9.10. The lowest BCUT2D eigenvalue weighted by Crippen LogP contribution is -2.27. The summed E-state index contributed by atoms with van der Waals surface area (Å²) in [5.41, 5.74) is 3.94. The molecule has 0 saturated heterocycles. The maximum Gasteiger partial charge on any atom is 0.261 e. The highest BCUT2D eigenvalue weighted by Gasteiger charge is 2.17. The first kappa shape index (κ1) is 22.4. The van der Waals surface area contributed by atoms with Crippen molar-refractivity contribution in [2.75, 3.05) is 11.8 Å². The van der Waals surface area contributed by atoms with Crippen LogP contribution in [0.1, 0.15) is 40.0 Å². The number of hydrogen-bond acceptors (Lipinski definition) is 4. The lowest BCUT2D eigenvalue weighted by molar-refractivity contribution is 0.0940. The van der Waals surface area contributed by atoms with E-state index in [1.165, 1.54) is 25.3 Å². The Morgan fingerprint density at radius 2 is 1.68 bits per heavy atom. The lowest BCUT2D eigenvalue weighted by atomic mass is 9.99. The number of rotatable bonds is 7. The Labute approximate surface area is 183 Å². The maximum absolute atomic E-state index is 12.8. The van der Waals surface area contributed by atoms with Gasteiger partial charge in [-0.2, -0.15) is 0 Å². The van der Waals surface area contributed by atoms with E-state index in [0.717, 1.165) is 16.7 Å². The molecule has 0 aliphatic rings. The normalized spacial score (nSPS) is 12.1. The molecule has 7 heteroatoms. The van der Waals surface area contributed by atoms with Gasteiger partial charge in [0.15, 0.2) is 0 Å². The molecule has 0 bridgehead atoms. The molecule has 1 amide bonds. The number of carbonyl (C=O) groups is 1. The number of aryl methyl sites for hydroxylation is 2. The second kappa shape index (κ2) is 9.22. The Morgan fingerprint density at radius 3 is 2.35 bits per heavy atom. The van der Waals surface area contributed by atoms with Gasteiger partial charge >= 0.3 is 0 Å². The van der Waals surface area contributed by atoms with E-state index < -0.39 is 10.0 Å². The Hall–Kier alpha value is -3.32. The van der Waals surface area contributed by atoms with Crippen molar-refractivity contribution in [1.82, 2.24) is 5.32 Å². The highest BCUT2D eigenvalue weighted by Crippen LogP contribution is 2.22. The molecule has 6 nitrogen and oxygen atoms in total. The van der Waals surface area contributed by atoms with Crippen LogP contribution < -0.4 is 14.8 Å². The summed E-state index contributed by atoms with van der Waals surface area (Å²) < 4.78 is 32.9. The lowest BCUT2D eigenvalue weighted by Gasteiger charge is -2.18. The molecular formula is C24H26N2O4S. The van der Waals surface area contributed by atoms with Crippen molar-refractivity contribution in [1.29, 1.82) is 0 Å². The number of ether oxygens (including phenoxy) is 1. The minimum atomic E-state index is -3.79. The van der Waals surface area contributed by atoms with Gasteiger partial charge in [-0.15, -0.1) is 0 Å². The summed E-state index contributed by atoms with van der Waals surface area (Å²) in [6.07, 6.45) is 0. The van der Waals surface area contributed by atoms with Crippen LogP contribution in [0, 0.1) is 13.8 Å². The van der Waals surface area contributed by atoms with Crippen molar-refractivity contribution in [2.45, 2.75) is 31.7 Å². The van der Waals surface area contributed by atoms with Gasteiger partial charge in [0, 0.05) is 11.3 Å². The molecule has 3 aromatic rings. The molecule has 0 radical (unpaired) electrons. The van der Waals surface area contributed by atoms with Gasteiger partial charge in [-0.1, -0.05) is 29.8 Å². The van der Waals surface area contributed by atoms with Crippen LogP contribution in [0.5, 0.6) is 5.75 Å². The van der Waals surface area contributed by atoms with E-state index in [0.29, 0.717) is 17.0 Å². The van der Waals surface area contributed by atoms with E-state index in [4.69, 9.17) is 4.74 Å². The number of amides is 1. The third kappa shape index (κ3) is 5.44. The molecule has 0 aliphatic carbocycles. The fourth-order valence-corrected chi connectivity index (χ4v) is 4.33. The topological polar surface area (TPSA) is 84.5 Å². The van der Waals surface area contributed by atoms with E-state index in [9.17, 15) is 13.2 Å². The Bertz CT molecular complexity index is 1190. The van der Waals surface area contributed by atoms with Crippen LogP contribution in [0.15, 0.2) is 71.6 Å². The van der Waals surface area contributed by atoms with Gasteiger partial charge in [-0.25, -0.2) is 8.42 Å². The van der Waals surface area contributed by atoms with Gasteiger partial charge in [0.2, 0.25) is 0 Å². The molecule has 0 saturated carbocycles. The summed E-state index contributed by atoms with van der Waals surface area (Å²) in [7, 11) is -2.28. The molecule has 0 unspecified atom stereocenters. The number of nitrogens with one attached hydrogen (secondary N) is 2. The molecule has 2 N–H and O–H groups in total. The molecule has 3 rings (SSSR count). The fraction of sp³-hybridized carbons (Fsp3) is 0.208. The molecule has 0 spiro atoms. The molecule has 0 fully saturated rings. The summed E-state index contributed by atoms with van der Waals surface area (Å²) in [5.74, 6) is 0.287. The van der Waals surface area contributed by atoms with Gasteiger partial charge in [-0.05, 0) is 74.4 Å². The number of benzene rings is 3. The molecule has 1 atom stereocenters. The number of methoxy groups -OCH3 is 1. The first-order chi connectivity index (χ1) is 14.7. The zero-order chi connectivity index (χ0) is 22.6. The first-order valence-corrected chi connectivity index (χ1v) is 11.3. The molecule has 162 valence electrons. The van der Waals surface area contributed by atoms with E-state index in [-0.39, 0.29) is 16.8 Å². The van der Waals surface area contributed by atoms with Crippen LogP contribution >= 0.6 is 0 Å². The third-order valence-corrected chi connectivity index (χ3v) is 6.39. The van der Waals surface area contributed by atoms with Gasteiger partial charge in [0.05, 0.1) is 18.0 Å². The molecule has 0 aromatic heterocycles. The number of hydrogen-bond donors (Lipinski definition) is 2. The zero-order valence-electron chi connectivity index (χ0n) is 18.0. The van der Waals surface area contributed by atoms with E-state index >= 15 is 0 Å². The second-order valence-electron chi connectivity index (χ2n) is 7.42. The van der Waals surface area contributed by atoms with Crippen molar-refractivity contribution in [3.8, 4) is 5.75 Å². The Balaban J connectivity index is 1.76. The summed E-state index contributed by atoms with van der Waals surface area (Å²) in [6, 6.07) is 18.4. The number of carbonyl (C=O) groups excluding carboxylic acids is 1. The smallest absolute Gasteiger partial charge is 0.261 e. The van der Waals surface area contributed by atoms with Crippen molar-refractivity contribution in [3.63, 3.8) is 0 Å². The summed E-state index contributed by atoms with van der Waals surface area (Å²) in [5, 5.41) is 2.98. The Kier molecular flexibility index (Phi) is 6.65. The monoisotopic (exact) mass is 438 g/mol. The highest BCUT2D eigenvalue weighted by molar-refractivity contribution is 7.92. The first-order valence-electron chi connectivity index (χ1n) is 9.84. The molecule has 0 heterocycles. The number of anilines is 1. The zero-order valence-corrected chi connectivity index (χ0v) is 18.8. The van der Waals surface area contributed by atoms with Crippen LogP contribution in [0.3, 0.4) is 0 Å². The molecule has 31 heavy (non-hydrogen) atoms.